The van der Waals surface area contributed by atoms with E-state index < -0.39 is 0 Å². The molecular weight excluding hydrogens is 322 g/mol. The fourth-order valence-electron chi connectivity index (χ4n) is 4.05. The minimum Gasteiger partial charge on any atom is -0.366 e. The number of benzene rings is 1. The lowest BCUT2D eigenvalue weighted by molar-refractivity contribution is 0.1000. The zero-order valence-corrected chi connectivity index (χ0v) is 15.1. The number of hydrogen-bond donors (Lipinski definition) is 1. The third-order valence-electron chi connectivity index (χ3n) is 5.23. The van der Waals surface area contributed by atoms with E-state index in [2.05, 4.69) is 18.0 Å². The van der Waals surface area contributed by atoms with Gasteiger partial charge in [0.25, 0.3) is 0 Å². The molecule has 3 aromatic rings. The van der Waals surface area contributed by atoms with Crippen LogP contribution in [0.4, 0.5) is 0 Å². The van der Waals surface area contributed by atoms with Gasteiger partial charge in [-0.25, -0.2) is 0 Å². The molecular formula is C22H23N3O. The maximum absolute atomic E-state index is 12.4. The molecule has 0 atom stereocenters. The Kier molecular flexibility index (Phi) is 4.41. The Bertz CT molecular complexity index is 980. The van der Waals surface area contributed by atoms with E-state index >= 15 is 0 Å². The quantitative estimate of drug-likeness (QED) is 0.769. The van der Waals surface area contributed by atoms with E-state index in [1.807, 2.05) is 18.2 Å². The predicted molar refractivity (Wildman–Crippen MR) is 104 cm³/mol. The summed E-state index contributed by atoms with van der Waals surface area (Å²) in [5.41, 5.74) is 12.7. The summed E-state index contributed by atoms with van der Waals surface area (Å²) in [5, 5.41) is 1.08. The molecule has 1 aliphatic carbocycles. The largest absolute Gasteiger partial charge is 0.366 e. The van der Waals surface area contributed by atoms with Gasteiger partial charge >= 0.3 is 0 Å². The molecule has 4 heteroatoms. The number of rotatable bonds is 4. The highest BCUT2D eigenvalue weighted by Crippen LogP contribution is 2.34. The van der Waals surface area contributed by atoms with Crippen LogP contribution >= 0.6 is 0 Å². The lowest BCUT2D eigenvalue weighted by Crippen LogP contribution is -2.16. The first-order valence-corrected chi connectivity index (χ1v) is 9.37. The van der Waals surface area contributed by atoms with Crippen molar-refractivity contribution in [2.45, 2.75) is 45.4 Å². The highest BCUT2D eigenvalue weighted by molar-refractivity contribution is 6.06. The van der Waals surface area contributed by atoms with Gasteiger partial charge in [0, 0.05) is 29.0 Å². The third-order valence-corrected chi connectivity index (χ3v) is 5.23. The van der Waals surface area contributed by atoms with Crippen molar-refractivity contribution in [2.75, 3.05) is 0 Å². The van der Waals surface area contributed by atoms with Crippen molar-refractivity contribution >= 4 is 16.8 Å². The van der Waals surface area contributed by atoms with Crippen LogP contribution in [0.15, 0.2) is 36.7 Å². The van der Waals surface area contributed by atoms with Gasteiger partial charge in [-0.1, -0.05) is 19.4 Å². The van der Waals surface area contributed by atoms with Crippen molar-refractivity contribution in [1.29, 1.82) is 0 Å². The molecule has 0 saturated heterocycles. The molecule has 2 aromatic heterocycles. The highest BCUT2D eigenvalue weighted by atomic mass is 16.1. The van der Waals surface area contributed by atoms with Crippen LogP contribution in [0.3, 0.4) is 0 Å². The van der Waals surface area contributed by atoms with Crippen molar-refractivity contribution in [3.05, 3.63) is 59.0 Å². The standard InChI is InChI=1S/C22H23N3O/c1-2-6-16-18-11-14-7-3-4-9-19(14)25-20(18)12-17(21(16)22(23)26)15-8-5-10-24-13-15/h5,8,10-13H,2-4,6-7,9H2,1H3,(H2,23,26). The Morgan fingerprint density at radius 1 is 1.23 bits per heavy atom. The summed E-state index contributed by atoms with van der Waals surface area (Å²) in [6.07, 6.45) is 9.78. The number of aromatic nitrogens is 2. The maximum Gasteiger partial charge on any atom is 0.249 e. The summed E-state index contributed by atoms with van der Waals surface area (Å²) in [6.45, 7) is 2.12. The molecule has 1 amide bonds. The molecule has 0 unspecified atom stereocenters. The second-order valence-corrected chi connectivity index (χ2v) is 7.00. The van der Waals surface area contributed by atoms with Crippen molar-refractivity contribution in [3.8, 4) is 11.1 Å². The zero-order valence-electron chi connectivity index (χ0n) is 15.1. The number of pyridine rings is 2. The summed E-state index contributed by atoms with van der Waals surface area (Å²) in [5.74, 6) is -0.382. The van der Waals surface area contributed by atoms with Gasteiger partial charge in [0.05, 0.1) is 11.1 Å². The molecule has 0 aliphatic heterocycles. The van der Waals surface area contributed by atoms with Crippen LogP contribution in [0, 0.1) is 0 Å². The smallest absolute Gasteiger partial charge is 0.249 e. The second kappa shape index (κ2) is 6.87. The average molecular weight is 345 g/mol. The Labute approximate surface area is 153 Å². The number of nitrogens with two attached hydrogens (primary N) is 1. The molecule has 2 N–H and O–H groups in total. The third kappa shape index (κ3) is 2.85. The van der Waals surface area contributed by atoms with Crippen LogP contribution in [0.1, 0.15) is 53.4 Å². The molecule has 0 bridgehead atoms. The van der Waals surface area contributed by atoms with Gasteiger partial charge in [-0.3, -0.25) is 14.8 Å². The molecule has 2 heterocycles. The molecule has 0 radical (unpaired) electrons. The van der Waals surface area contributed by atoms with Gasteiger partial charge in [0.2, 0.25) is 5.91 Å². The molecule has 4 nitrogen and oxygen atoms in total. The first-order chi connectivity index (χ1) is 12.7. The predicted octanol–water partition coefficient (Wildman–Crippen LogP) is 4.23. The van der Waals surface area contributed by atoms with Crippen molar-refractivity contribution < 1.29 is 4.79 Å². The van der Waals surface area contributed by atoms with Gasteiger partial charge in [-0.05, 0) is 67.0 Å². The molecule has 132 valence electrons. The lowest BCUT2D eigenvalue weighted by Gasteiger charge is -2.20. The first kappa shape index (κ1) is 16.7. The van der Waals surface area contributed by atoms with Crippen LogP contribution in [0.25, 0.3) is 22.0 Å². The zero-order chi connectivity index (χ0) is 18.1. The molecule has 26 heavy (non-hydrogen) atoms. The van der Waals surface area contributed by atoms with Crippen LogP contribution in [0.2, 0.25) is 0 Å². The van der Waals surface area contributed by atoms with Crippen LogP contribution in [0.5, 0.6) is 0 Å². The fraction of sp³-hybridized carbons (Fsp3) is 0.318. The molecule has 1 aromatic carbocycles. The molecule has 0 saturated carbocycles. The number of hydrogen-bond acceptors (Lipinski definition) is 3. The normalized spacial score (nSPS) is 13.6. The average Bonchev–Trinajstić information content (AvgIpc) is 2.67. The minimum atomic E-state index is -0.382. The second-order valence-electron chi connectivity index (χ2n) is 7.00. The van der Waals surface area contributed by atoms with E-state index in [0.29, 0.717) is 5.56 Å². The topological polar surface area (TPSA) is 68.9 Å². The summed E-state index contributed by atoms with van der Waals surface area (Å²) in [7, 11) is 0. The molecule has 0 fully saturated rings. The van der Waals surface area contributed by atoms with Crippen molar-refractivity contribution in [2.24, 2.45) is 5.73 Å². The number of fused-ring (bicyclic) bond motifs is 2. The fourth-order valence-corrected chi connectivity index (χ4v) is 4.05. The Balaban J connectivity index is 2.07. The van der Waals surface area contributed by atoms with Gasteiger partial charge in [-0.2, -0.15) is 0 Å². The van der Waals surface area contributed by atoms with E-state index in [4.69, 9.17) is 10.7 Å². The lowest BCUT2D eigenvalue weighted by atomic mass is 9.87. The van der Waals surface area contributed by atoms with Crippen molar-refractivity contribution in [3.63, 3.8) is 0 Å². The van der Waals surface area contributed by atoms with Gasteiger partial charge < -0.3 is 5.73 Å². The van der Waals surface area contributed by atoms with E-state index in [0.717, 1.165) is 53.3 Å². The minimum absolute atomic E-state index is 0.382. The van der Waals surface area contributed by atoms with E-state index in [-0.39, 0.29) is 5.91 Å². The summed E-state index contributed by atoms with van der Waals surface area (Å²) >= 11 is 0. The summed E-state index contributed by atoms with van der Waals surface area (Å²) in [6, 6.07) is 8.11. The van der Waals surface area contributed by atoms with E-state index in [1.54, 1.807) is 12.4 Å². The van der Waals surface area contributed by atoms with E-state index in [1.165, 1.54) is 24.1 Å². The van der Waals surface area contributed by atoms with Crippen LogP contribution in [-0.4, -0.2) is 15.9 Å². The van der Waals surface area contributed by atoms with Crippen LogP contribution < -0.4 is 5.73 Å². The Morgan fingerprint density at radius 2 is 2.08 bits per heavy atom. The number of nitrogens with zero attached hydrogens (tertiary/aromatic N) is 2. The number of aryl methyl sites for hydroxylation is 3. The Morgan fingerprint density at radius 3 is 2.81 bits per heavy atom. The van der Waals surface area contributed by atoms with Gasteiger partial charge in [0.15, 0.2) is 0 Å². The first-order valence-electron chi connectivity index (χ1n) is 9.37. The van der Waals surface area contributed by atoms with Gasteiger partial charge in [-0.15, -0.1) is 0 Å². The highest BCUT2D eigenvalue weighted by Gasteiger charge is 2.21. The monoisotopic (exact) mass is 345 g/mol. The summed E-state index contributed by atoms with van der Waals surface area (Å²) < 4.78 is 0. The molecule has 0 spiro atoms. The van der Waals surface area contributed by atoms with Crippen LogP contribution in [-0.2, 0) is 19.3 Å². The number of amides is 1. The molecule has 4 rings (SSSR count). The maximum atomic E-state index is 12.4. The number of primary amides is 1. The Hall–Kier alpha value is -2.75. The SMILES string of the molecule is CCCc1c(C(N)=O)c(-c2cccnc2)cc2nc3c(cc12)CCCC3. The summed E-state index contributed by atoms with van der Waals surface area (Å²) in [4.78, 5) is 21.6. The number of carbonyl (C=O) groups is 1. The van der Waals surface area contributed by atoms with E-state index in [9.17, 15) is 4.79 Å². The number of carbonyl (C=O) groups excluding carboxylic acids is 1. The van der Waals surface area contributed by atoms with Gasteiger partial charge in [0.1, 0.15) is 0 Å². The van der Waals surface area contributed by atoms with Crippen molar-refractivity contribution in [1.82, 2.24) is 9.97 Å². The molecule has 1 aliphatic rings.